The predicted molar refractivity (Wildman–Crippen MR) is 92.8 cm³/mol. The van der Waals surface area contributed by atoms with Crippen molar-refractivity contribution in [1.29, 1.82) is 0 Å². The van der Waals surface area contributed by atoms with Gasteiger partial charge in [-0.3, -0.25) is 4.68 Å². The van der Waals surface area contributed by atoms with Crippen molar-refractivity contribution < 1.29 is 9.13 Å². The van der Waals surface area contributed by atoms with Crippen LogP contribution >= 0.6 is 11.6 Å². The van der Waals surface area contributed by atoms with Gasteiger partial charge in [0.25, 0.3) is 0 Å². The van der Waals surface area contributed by atoms with E-state index in [0.29, 0.717) is 33.3 Å². The molecule has 0 unspecified atom stereocenters. The van der Waals surface area contributed by atoms with Crippen LogP contribution in [0, 0.1) is 5.82 Å². The Morgan fingerprint density at radius 1 is 1.24 bits per heavy atom. The van der Waals surface area contributed by atoms with Crippen LogP contribution < -0.4 is 10.1 Å². The number of aryl methyl sites for hydroxylation is 1. The van der Waals surface area contributed by atoms with Gasteiger partial charge in [-0.15, -0.1) is 0 Å². The number of nitrogens with one attached hydrogen (secondary N) is 1. The maximum atomic E-state index is 14.3. The molecule has 4 rings (SSSR count). The van der Waals surface area contributed by atoms with Crippen LogP contribution in [0.2, 0.25) is 5.15 Å². The first kappa shape index (κ1) is 15.5. The molecule has 1 aromatic carbocycles. The Kier molecular flexibility index (Phi) is 3.61. The highest BCUT2D eigenvalue weighted by Crippen LogP contribution is 2.32. The van der Waals surface area contributed by atoms with E-state index in [2.05, 4.69) is 25.4 Å². The molecular weight excluding hydrogens is 347 g/mol. The normalized spacial score (nSPS) is 11.2. The van der Waals surface area contributed by atoms with Crippen LogP contribution in [0.4, 0.5) is 15.9 Å². The summed E-state index contributed by atoms with van der Waals surface area (Å²) in [5.74, 6) is 0.300. The molecule has 3 aromatic heterocycles. The number of aromatic nitrogens is 5. The molecule has 0 aliphatic carbocycles. The molecule has 3 heterocycles. The van der Waals surface area contributed by atoms with Gasteiger partial charge in [0.05, 0.1) is 12.6 Å². The van der Waals surface area contributed by atoms with Crippen molar-refractivity contribution >= 4 is 44.9 Å². The number of benzene rings is 1. The Morgan fingerprint density at radius 2 is 2.08 bits per heavy atom. The van der Waals surface area contributed by atoms with Crippen LogP contribution in [0.25, 0.3) is 21.8 Å². The molecule has 0 aliphatic rings. The van der Waals surface area contributed by atoms with Crippen LogP contribution in [0.5, 0.6) is 5.88 Å². The molecule has 7 nitrogen and oxygen atoms in total. The average molecular weight is 359 g/mol. The first-order valence-electron chi connectivity index (χ1n) is 7.30. The summed E-state index contributed by atoms with van der Waals surface area (Å²) >= 11 is 5.97. The van der Waals surface area contributed by atoms with Crippen molar-refractivity contribution in [3.8, 4) is 5.88 Å². The minimum absolute atomic E-state index is 0.261. The van der Waals surface area contributed by atoms with Crippen LogP contribution in [0.15, 0.2) is 30.7 Å². The smallest absolute Gasteiger partial charge is 0.227 e. The summed E-state index contributed by atoms with van der Waals surface area (Å²) in [5.41, 5.74) is 1.40. The predicted octanol–water partition coefficient (Wildman–Crippen LogP) is 3.46. The molecular formula is C16H12ClFN6O. The van der Waals surface area contributed by atoms with Gasteiger partial charge in [-0.05, 0) is 12.1 Å². The Morgan fingerprint density at radius 3 is 2.88 bits per heavy atom. The fourth-order valence-corrected chi connectivity index (χ4v) is 2.86. The minimum atomic E-state index is -0.424. The van der Waals surface area contributed by atoms with E-state index < -0.39 is 5.82 Å². The van der Waals surface area contributed by atoms with Crippen molar-refractivity contribution in [2.45, 2.75) is 0 Å². The zero-order valence-corrected chi connectivity index (χ0v) is 14.0. The van der Waals surface area contributed by atoms with E-state index in [9.17, 15) is 4.39 Å². The molecule has 0 atom stereocenters. The van der Waals surface area contributed by atoms with E-state index in [0.717, 1.165) is 0 Å². The lowest BCUT2D eigenvalue weighted by Crippen LogP contribution is -2.00. The standard InChI is InChI=1S/C16H12ClFN6O/c1-24-6-8-3-9(4-10(18)14(8)23-24)21-15-13-11(19-7-20-15)5-12(17)22-16(13)25-2/h3-7H,1-2H3,(H,19,20,21). The van der Waals surface area contributed by atoms with Gasteiger partial charge in [0.15, 0.2) is 5.82 Å². The summed E-state index contributed by atoms with van der Waals surface area (Å²) in [7, 11) is 3.22. The number of ether oxygens (including phenoxy) is 1. The Bertz CT molecular complexity index is 1110. The quantitative estimate of drug-likeness (QED) is 0.565. The van der Waals surface area contributed by atoms with Crippen molar-refractivity contribution in [1.82, 2.24) is 24.7 Å². The highest BCUT2D eigenvalue weighted by molar-refractivity contribution is 6.30. The molecule has 0 aliphatic heterocycles. The number of pyridine rings is 1. The molecule has 0 amide bonds. The van der Waals surface area contributed by atoms with Crippen LogP contribution in [0.1, 0.15) is 0 Å². The van der Waals surface area contributed by atoms with Gasteiger partial charge < -0.3 is 10.1 Å². The largest absolute Gasteiger partial charge is 0.480 e. The molecule has 9 heteroatoms. The number of halogens is 2. The summed E-state index contributed by atoms with van der Waals surface area (Å²) in [5, 5.41) is 8.68. The average Bonchev–Trinajstić information content (AvgIpc) is 2.95. The van der Waals surface area contributed by atoms with E-state index >= 15 is 0 Å². The highest BCUT2D eigenvalue weighted by atomic mass is 35.5. The molecule has 0 saturated heterocycles. The second-order valence-electron chi connectivity index (χ2n) is 5.39. The summed E-state index contributed by atoms with van der Waals surface area (Å²) in [4.78, 5) is 12.5. The third kappa shape index (κ3) is 2.70. The van der Waals surface area contributed by atoms with Gasteiger partial charge in [-0.25, -0.2) is 19.3 Å². The van der Waals surface area contributed by atoms with Crippen molar-refractivity contribution in [2.75, 3.05) is 12.4 Å². The van der Waals surface area contributed by atoms with E-state index in [1.54, 1.807) is 30.1 Å². The monoisotopic (exact) mass is 358 g/mol. The summed E-state index contributed by atoms with van der Waals surface area (Å²) < 4.78 is 21.1. The van der Waals surface area contributed by atoms with Gasteiger partial charge in [0.2, 0.25) is 5.88 Å². The Labute approximate surface area is 146 Å². The van der Waals surface area contributed by atoms with E-state index in [1.165, 1.54) is 19.5 Å². The van der Waals surface area contributed by atoms with Gasteiger partial charge in [-0.1, -0.05) is 11.6 Å². The number of hydrogen-bond acceptors (Lipinski definition) is 6. The number of anilines is 2. The minimum Gasteiger partial charge on any atom is -0.480 e. The van der Waals surface area contributed by atoms with Crippen LogP contribution in [-0.2, 0) is 7.05 Å². The van der Waals surface area contributed by atoms with Crippen LogP contribution in [0.3, 0.4) is 0 Å². The van der Waals surface area contributed by atoms with E-state index in [-0.39, 0.29) is 11.0 Å². The first-order chi connectivity index (χ1) is 12.0. The molecule has 0 bridgehead atoms. The lowest BCUT2D eigenvalue weighted by Gasteiger charge is -2.11. The third-order valence-electron chi connectivity index (χ3n) is 3.69. The topological polar surface area (TPSA) is 77.8 Å². The fraction of sp³-hybridized carbons (Fsp3) is 0.125. The van der Waals surface area contributed by atoms with Gasteiger partial charge in [0, 0.05) is 30.4 Å². The lowest BCUT2D eigenvalue weighted by molar-refractivity contribution is 0.403. The number of methoxy groups -OCH3 is 1. The summed E-state index contributed by atoms with van der Waals surface area (Å²) in [6.07, 6.45) is 3.13. The SMILES string of the molecule is COc1nc(Cl)cc2ncnc(Nc3cc(F)c4nn(C)cc4c3)c12. The molecule has 0 radical (unpaired) electrons. The summed E-state index contributed by atoms with van der Waals surface area (Å²) in [6, 6.07) is 4.76. The number of fused-ring (bicyclic) bond motifs is 2. The molecule has 0 spiro atoms. The second-order valence-corrected chi connectivity index (χ2v) is 5.78. The zero-order chi connectivity index (χ0) is 17.6. The Balaban J connectivity index is 1.86. The third-order valence-corrected chi connectivity index (χ3v) is 3.88. The zero-order valence-electron chi connectivity index (χ0n) is 13.3. The lowest BCUT2D eigenvalue weighted by atomic mass is 10.2. The van der Waals surface area contributed by atoms with Gasteiger partial charge in [0.1, 0.15) is 28.2 Å². The molecule has 0 saturated carbocycles. The summed E-state index contributed by atoms with van der Waals surface area (Å²) in [6.45, 7) is 0. The Hall–Kier alpha value is -3.00. The molecule has 25 heavy (non-hydrogen) atoms. The number of rotatable bonds is 3. The van der Waals surface area contributed by atoms with Crippen molar-refractivity contribution in [3.63, 3.8) is 0 Å². The first-order valence-corrected chi connectivity index (χ1v) is 7.68. The maximum absolute atomic E-state index is 14.3. The molecule has 126 valence electrons. The van der Waals surface area contributed by atoms with Gasteiger partial charge >= 0.3 is 0 Å². The van der Waals surface area contributed by atoms with E-state index in [4.69, 9.17) is 16.3 Å². The molecule has 4 aromatic rings. The maximum Gasteiger partial charge on any atom is 0.227 e. The molecule has 0 fully saturated rings. The molecule has 1 N–H and O–H groups in total. The van der Waals surface area contributed by atoms with Crippen molar-refractivity contribution in [3.05, 3.63) is 41.7 Å². The van der Waals surface area contributed by atoms with Crippen molar-refractivity contribution in [2.24, 2.45) is 7.05 Å². The highest BCUT2D eigenvalue weighted by Gasteiger charge is 2.14. The fourth-order valence-electron chi connectivity index (χ4n) is 2.68. The number of hydrogen-bond donors (Lipinski definition) is 1. The van der Waals surface area contributed by atoms with Gasteiger partial charge in [-0.2, -0.15) is 5.10 Å². The second kappa shape index (κ2) is 5.82. The van der Waals surface area contributed by atoms with Crippen LogP contribution in [-0.4, -0.2) is 31.8 Å². The van der Waals surface area contributed by atoms with E-state index in [1.807, 2.05) is 0 Å². The number of nitrogens with zero attached hydrogens (tertiary/aromatic N) is 5.